The molecule has 0 bridgehead atoms. The van der Waals surface area contributed by atoms with E-state index < -0.39 is 0 Å². The molecule has 0 heterocycles. The molecule has 2 aromatic carbocycles. The Morgan fingerprint density at radius 2 is 1.95 bits per heavy atom. The highest BCUT2D eigenvalue weighted by molar-refractivity contribution is 9.10. The van der Waals surface area contributed by atoms with Gasteiger partial charge in [-0.3, -0.25) is 0 Å². The minimum Gasteiger partial charge on any atom is -0.456 e. The van der Waals surface area contributed by atoms with Gasteiger partial charge in [0, 0.05) is 16.1 Å². The molecule has 0 saturated heterocycles. The second kappa shape index (κ2) is 6.56. The lowest BCUT2D eigenvalue weighted by atomic mass is 10.1. The molecule has 0 amide bonds. The lowest BCUT2D eigenvalue weighted by Gasteiger charge is -2.17. The molecule has 20 heavy (non-hydrogen) atoms. The highest BCUT2D eigenvalue weighted by Gasteiger charge is 2.13. The van der Waals surface area contributed by atoms with Gasteiger partial charge >= 0.3 is 0 Å². The first-order chi connectivity index (χ1) is 9.65. The van der Waals surface area contributed by atoms with Crippen LogP contribution < -0.4 is 10.1 Å². The van der Waals surface area contributed by atoms with Crippen LogP contribution in [0.3, 0.4) is 0 Å². The molecular weight excluding hydrogens is 316 g/mol. The molecule has 0 aliphatic heterocycles. The van der Waals surface area contributed by atoms with Crippen molar-refractivity contribution in [3.05, 3.63) is 58.1 Å². The van der Waals surface area contributed by atoms with E-state index in [9.17, 15) is 0 Å². The van der Waals surface area contributed by atoms with Crippen LogP contribution in [0.2, 0.25) is 0 Å². The maximum atomic E-state index is 9.12. The third kappa shape index (κ3) is 3.19. The predicted molar refractivity (Wildman–Crippen MR) is 82.8 cm³/mol. The Hall–Kier alpha value is -1.83. The SMILES string of the molecule is CNC(C)c1cc(Br)ccc1Oc1ccccc1C#N. The molecule has 4 heteroatoms. The molecule has 0 fully saturated rings. The van der Waals surface area contributed by atoms with Crippen molar-refractivity contribution >= 4 is 15.9 Å². The summed E-state index contributed by atoms with van der Waals surface area (Å²) in [5.41, 5.74) is 1.56. The molecule has 3 nitrogen and oxygen atoms in total. The largest absolute Gasteiger partial charge is 0.456 e. The van der Waals surface area contributed by atoms with Gasteiger partial charge in [0.15, 0.2) is 0 Å². The van der Waals surface area contributed by atoms with E-state index >= 15 is 0 Å². The van der Waals surface area contributed by atoms with Crippen molar-refractivity contribution in [2.24, 2.45) is 0 Å². The smallest absolute Gasteiger partial charge is 0.145 e. The molecule has 0 saturated carbocycles. The van der Waals surface area contributed by atoms with Gasteiger partial charge < -0.3 is 10.1 Å². The molecule has 0 aromatic heterocycles. The standard InChI is InChI=1S/C16H15BrN2O/c1-11(19-2)14-9-13(17)7-8-16(14)20-15-6-4-3-5-12(15)10-18/h3-9,11,19H,1-2H3. The van der Waals surface area contributed by atoms with E-state index in [0.29, 0.717) is 11.3 Å². The first-order valence-electron chi connectivity index (χ1n) is 6.29. The first-order valence-corrected chi connectivity index (χ1v) is 7.08. The van der Waals surface area contributed by atoms with Crippen LogP contribution in [0.25, 0.3) is 0 Å². The number of nitrogens with one attached hydrogen (secondary N) is 1. The molecule has 1 atom stereocenters. The number of hydrogen-bond acceptors (Lipinski definition) is 3. The predicted octanol–water partition coefficient (Wildman–Crippen LogP) is 4.39. The molecule has 0 aliphatic rings. The van der Waals surface area contributed by atoms with Gasteiger partial charge in [0.2, 0.25) is 0 Å². The van der Waals surface area contributed by atoms with Crippen molar-refractivity contribution in [1.29, 1.82) is 5.26 Å². The lowest BCUT2D eigenvalue weighted by Crippen LogP contribution is -2.13. The Morgan fingerprint density at radius 1 is 1.20 bits per heavy atom. The fraction of sp³-hybridized carbons (Fsp3) is 0.188. The van der Waals surface area contributed by atoms with E-state index in [1.165, 1.54) is 0 Å². The Balaban J connectivity index is 2.41. The number of benzene rings is 2. The average molecular weight is 331 g/mol. The van der Waals surface area contributed by atoms with Gasteiger partial charge in [-0.05, 0) is 44.3 Å². The number of rotatable bonds is 4. The summed E-state index contributed by atoms with van der Waals surface area (Å²) in [6, 6.07) is 15.4. The van der Waals surface area contributed by atoms with Crippen molar-refractivity contribution in [2.75, 3.05) is 7.05 Å². The number of nitriles is 1. The number of ether oxygens (including phenoxy) is 1. The zero-order valence-corrected chi connectivity index (χ0v) is 12.9. The molecule has 2 aromatic rings. The summed E-state index contributed by atoms with van der Waals surface area (Å²) >= 11 is 3.47. The summed E-state index contributed by atoms with van der Waals surface area (Å²) in [7, 11) is 1.90. The molecule has 2 rings (SSSR count). The van der Waals surface area contributed by atoms with Crippen LogP contribution >= 0.6 is 15.9 Å². The van der Waals surface area contributed by atoms with Crippen molar-refractivity contribution in [3.8, 4) is 17.6 Å². The molecular formula is C16H15BrN2O. The monoisotopic (exact) mass is 330 g/mol. The van der Waals surface area contributed by atoms with Gasteiger partial charge in [0.05, 0.1) is 5.56 Å². The van der Waals surface area contributed by atoms with Crippen LogP contribution in [0.5, 0.6) is 11.5 Å². The van der Waals surface area contributed by atoms with Gasteiger partial charge in [-0.2, -0.15) is 5.26 Å². The summed E-state index contributed by atoms with van der Waals surface area (Å²) in [5.74, 6) is 1.32. The van der Waals surface area contributed by atoms with Gasteiger partial charge in [0.25, 0.3) is 0 Å². The van der Waals surface area contributed by atoms with E-state index in [2.05, 4.69) is 34.2 Å². The second-order valence-electron chi connectivity index (χ2n) is 4.40. The average Bonchev–Trinajstić information content (AvgIpc) is 2.48. The summed E-state index contributed by atoms with van der Waals surface area (Å²) in [4.78, 5) is 0. The lowest BCUT2D eigenvalue weighted by molar-refractivity contribution is 0.465. The van der Waals surface area contributed by atoms with Gasteiger partial charge in [-0.15, -0.1) is 0 Å². The van der Waals surface area contributed by atoms with Gasteiger partial charge in [-0.25, -0.2) is 0 Å². The fourth-order valence-corrected chi connectivity index (χ4v) is 2.25. The maximum absolute atomic E-state index is 9.12. The zero-order chi connectivity index (χ0) is 14.5. The Kier molecular flexibility index (Phi) is 4.78. The molecule has 0 aliphatic carbocycles. The number of halogens is 1. The minimum absolute atomic E-state index is 0.150. The van der Waals surface area contributed by atoms with Crippen molar-refractivity contribution in [2.45, 2.75) is 13.0 Å². The van der Waals surface area contributed by atoms with Crippen molar-refractivity contribution in [1.82, 2.24) is 5.32 Å². The van der Waals surface area contributed by atoms with E-state index in [-0.39, 0.29) is 6.04 Å². The summed E-state index contributed by atoms with van der Waals surface area (Å²) in [5, 5.41) is 12.3. The molecule has 0 radical (unpaired) electrons. The Bertz CT molecular complexity index is 649. The van der Waals surface area contributed by atoms with E-state index in [1.807, 2.05) is 37.4 Å². The molecule has 1 N–H and O–H groups in total. The maximum Gasteiger partial charge on any atom is 0.145 e. The highest BCUT2D eigenvalue weighted by atomic mass is 79.9. The van der Waals surface area contributed by atoms with Gasteiger partial charge in [-0.1, -0.05) is 28.1 Å². The second-order valence-corrected chi connectivity index (χ2v) is 5.32. The first kappa shape index (κ1) is 14.6. The number of hydrogen-bond donors (Lipinski definition) is 1. The minimum atomic E-state index is 0.150. The Morgan fingerprint density at radius 3 is 2.65 bits per heavy atom. The van der Waals surface area contributed by atoms with Crippen LogP contribution in [0.1, 0.15) is 24.1 Å². The van der Waals surface area contributed by atoms with Gasteiger partial charge in [0.1, 0.15) is 17.6 Å². The number of nitrogens with zero attached hydrogens (tertiary/aromatic N) is 1. The summed E-state index contributed by atoms with van der Waals surface area (Å²) in [6.07, 6.45) is 0. The van der Waals surface area contributed by atoms with Crippen LogP contribution in [0, 0.1) is 11.3 Å². The fourth-order valence-electron chi connectivity index (χ4n) is 1.87. The van der Waals surface area contributed by atoms with E-state index in [4.69, 9.17) is 10.00 Å². The van der Waals surface area contributed by atoms with Crippen molar-refractivity contribution < 1.29 is 4.74 Å². The molecule has 1 unspecified atom stereocenters. The zero-order valence-electron chi connectivity index (χ0n) is 11.4. The summed E-state index contributed by atoms with van der Waals surface area (Å²) in [6.45, 7) is 2.06. The van der Waals surface area contributed by atoms with Crippen molar-refractivity contribution in [3.63, 3.8) is 0 Å². The van der Waals surface area contributed by atoms with Crippen LogP contribution in [0.4, 0.5) is 0 Å². The van der Waals surface area contributed by atoms with Crippen LogP contribution in [-0.4, -0.2) is 7.05 Å². The normalized spacial score (nSPS) is 11.7. The van der Waals surface area contributed by atoms with E-state index in [0.717, 1.165) is 15.8 Å². The van der Waals surface area contributed by atoms with Crippen LogP contribution in [0.15, 0.2) is 46.9 Å². The van der Waals surface area contributed by atoms with E-state index in [1.54, 1.807) is 12.1 Å². The highest BCUT2D eigenvalue weighted by Crippen LogP contribution is 2.33. The molecule has 0 spiro atoms. The Labute approximate surface area is 127 Å². The third-order valence-corrected chi connectivity index (χ3v) is 3.59. The quantitative estimate of drug-likeness (QED) is 0.903. The topological polar surface area (TPSA) is 45.0 Å². The number of para-hydroxylation sites is 1. The van der Waals surface area contributed by atoms with Crippen LogP contribution in [-0.2, 0) is 0 Å². The third-order valence-electron chi connectivity index (χ3n) is 3.10. The molecule has 102 valence electrons. The summed E-state index contributed by atoms with van der Waals surface area (Å²) < 4.78 is 6.92.